The van der Waals surface area contributed by atoms with Crippen LogP contribution in [0.5, 0.6) is 0 Å². The van der Waals surface area contributed by atoms with Gasteiger partial charge in [0.15, 0.2) is 0 Å². The molecule has 2 rings (SSSR count). The maximum absolute atomic E-state index is 12.0. The number of amides is 1. The van der Waals surface area contributed by atoms with E-state index in [1.165, 1.54) is 36.1 Å². The van der Waals surface area contributed by atoms with E-state index in [0.717, 1.165) is 23.4 Å². The van der Waals surface area contributed by atoms with E-state index in [1.54, 1.807) is 11.3 Å². The van der Waals surface area contributed by atoms with Crippen LogP contribution in [0.1, 0.15) is 52.2 Å². The third kappa shape index (κ3) is 3.45. The number of hydrogen-bond donors (Lipinski definition) is 1. The van der Waals surface area contributed by atoms with Gasteiger partial charge in [0.2, 0.25) is 0 Å². The molecule has 2 nitrogen and oxygen atoms in total. The maximum atomic E-state index is 12.0. The summed E-state index contributed by atoms with van der Waals surface area (Å²) in [5, 5.41) is 3.03. The van der Waals surface area contributed by atoms with Crippen LogP contribution in [-0.2, 0) is 0 Å². The molecule has 1 aliphatic rings. The minimum atomic E-state index is 0.0771. The van der Waals surface area contributed by atoms with E-state index < -0.39 is 0 Å². The van der Waals surface area contributed by atoms with Gasteiger partial charge in [-0.1, -0.05) is 11.6 Å². The summed E-state index contributed by atoms with van der Waals surface area (Å²) in [5.74, 6) is 0.0771. The first-order valence-electron chi connectivity index (χ1n) is 6.70. The normalized spacial score (nSPS) is 15.3. The Balaban J connectivity index is 1.81. The molecular weight excluding hydrogens is 242 g/mol. The Morgan fingerprint density at radius 2 is 2.22 bits per heavy atom. The molecule has 0 atom stereocenters. The predicted molar refractivity (Wildman–Crippen MR) is 77.3 cm³/mol. The maximum Gasteiger partial charge on any atom is 0.252 e. The summed E-state index contributed by atoms with van der Waals surface area (Å²) in [6.45, 7) is 4.82. The van der Waals surface area contributed by atoms with E-state index in [1.807, 2.05) is 19.9 Å². The fourth-order valence-corrected chi connectivity index (χ4v) is 3.34. The van der Waals surface area contributed by atoms with Crippen LogP contribution in [0.3, 0.4) is 0 Å². The van der Waals surface area contributed by atoms with Crippen LogP contribution in [0, 0.1) is 13.8 Å². The van der Waals surface area contributed by atoms with E-state index in [0.29, 0.717) is 0 Å². The number of allylic oxidation sites excluding steroid dienone is 1. The van der Waals surface area contributed by atoms with Gasteiger partial charge in [0, 0.05) is 16.3 Å². The standard InChI is InChI=1S/C15H21NOS/c1-11-10-14(12(2)18-11)15(17)16-9-8-13-6-4-3-5-7-13/h6,10H,3-5,7-9H2,1-2H3,(H,16,17). The van der Waals surface area contributed by atoms with Crippen molar-refractivity contribution < 1.29 is 4.79 Å². The van der Waals surface area contributed by atoms with Crippen molar-refractivity contribution in [3.63, 3.8) is 0 Å². The van der Waals surface area contributed by atoms with E-state index in [4.69, 9.17) is 0 Å². The van der Waals surface area contributed by atoms with Crippen molar-refractivity contribution in [1.82, 2.24) is 5.32 Å². The van der Waals surface area contributed by atoms with Crippen molar-refractivity contribution in [2.24, 2.45) is 0 Å². The van der Waals surface area contributed by atoms with Crippen molar-refractivity contribution in [2.45, 2.75) is 46.0 Å². The summed E-state index contributed by atoms with van der Waals surface area (Å²) in [5.41, 5.74) is 2.36. The van der Waals surface area contributed by atoms with Gasteiger partial charge < -0.3 is 5.32 Å². The van der Waals surface area contributed by atoms with E-state index >= 15 is 0 Å². The van der Waals surface area contributed by atoms with Gasteiger partial charge in [0.1, 0.15) is 0 Å². The van der Waals surface area contributed by atoms with Gasteiger partial charge in [-0.25, -0.2) is 0 Å². The summed E-state index contributed by atoms with van der Waals surface area (Å²) in [6.07, 6.45) is 8.41. The molecule has 0 saturated carbocycles. The molecule has 0 unspecified atom stereocenters. The van der Waals surface area contributed by atoms with E-state index in [-0.39, 0.29) is 5.91 Å². The molecule has 18 heavy (non-hydrogen) atoms. The minimum Gasteiger partial charge on any atom is -0.352 e. The Morgan fingerprint density at radius 1 is 1.39 bits per heavy atom. The molecule has 0 spiro atoms. The van der Waals surface area contributed by atoms with Gasteiger partial charge in [-0.3, -0.25) is 4.79 Å². The molecule has 0 bridgehead atoms. The highest BCUT2D eigenvalue weighted by Gasteiger charge is 2.11. The average Bonchev–Trinajstić information content (AvgIpc) is 2.70. The molecule has 0 saturated heterocycles. The summed E-state index contributed by atoms with van der Waals surface area (Å²) in [6, 6.07) is 1.98. The van der Waals surface area contributed by atoms with Crippen LogP contribution >= 0.6 is 11.3 Å². The lowest BCUT2D eigenvalue weighted by atomic mass is 9.97. The zero-order chi connectivity index (χ0) is 13.0. The first-order chi connectivity index (χ1) is 8.66. The second-order valence-corrected chi connectivity index (χ2v) is 6.40. The lowest BCUT2D eigenvalue weighted by Crippen LogP contribution is -2.25. The third-order valence-corrected chi connectivity index (χ3v) is 4.37. The molecule has 1 aromatic rings. The highest BCUT2D eigenvalue weighted by molar-refractivity contribution is 7.12. The van der Waals surface area contributed by atoms with Gasteiger partial charge in [-0.05, 0) is 52.0 Å². The molecule has 3 heteroatoms. The van der Waals surface area contributed by atoms with Crippen LogP contribution in [0.25, 0.3) is 0 Å². The average molecular weight is 263 g/mol. The Hall–Kier alpha value is -1.09. The van der Waals surface area contributed by atoms with Gasteiger partial charge in [0.05, 0.1) is 5.56 Å². The largest absolute Gasteiger partial charge is 0.352 e. The summed E-state index contributed by atoms with van der Waals surface area (Å²) in [7, 11) is 0. The van der Waals surface area contributed by atoms with Crippen LogP contribution in [0.4, 0.5) is 0 Å². The minimum absolute atomic E-state index is 0.0771. The summed E-state index contributed by atoms with van der Waals surface area (Å²) < 4.78 is 0. The molecule has 0 radical (unpaired) electrons. The molecule has 0 aliphatic heterocycles. The summed E-state index contributed by atoms with van der Waals surface area (Å²) >= 11 is 1.69. The summed E-state index contributed by atoms with van der Waals surface area (Å²) in [4.78, 5) is 14.3. The lowest BCUT2D eigenvalue weighted by molar-refractivity contribution is 0.0954. The Labute approximate surface area is 113 Å². The molecule has 1 amide bonds. The van der Waals surface area contributed by atoms with Crippen molar-refractivity contribution >= 4 is 17.2 Å². The molecule has 1 N–H and O–H groups in total. The molecular formula is C15H21NOS. The molecule has 0 aromatic carbocycles. The number of thiophene rings is 1. The Morgan fingerprint density at radius 3 is 2.83 bits per heavy atom. The molecule has 0 fully saturated rings. The van der Waals surface area contributed by atoms with Crippen molar-refractivity contribution in [3.05, 3.63) is 33.0 Å². The first kappa shape index (κ1) is 13.3. The zero-order valence-electron chi connectivity index (χ0n) is 11.2. The van der Waals surface area contributed by atoms with Crippen LogP contribution < -0.4 is 5.32 Å². The lowest BCUT2D eigenvalue weighted by Gasteiger charge is -2.12. The molecule has 1 aliphatic carbocycles. The predicted octanol–water partition coefficient (Wildman–Crippen LogP) is 3.99. The van der Waals surface area contributed by atoms with Crippen LogP contribution in [0.2, 0.25) is 0 Å². The molecule has 98 valence electrons. The van der Waals surface area contributed by atoms with Crippen LogP contribution in [-0.4, -0.2) is 12.5 Å². The number of aryl methyl sites for hydroxylation is 2. The second kappa shape index (κ2) is 6.19. The fourth-order valence-electron chi connectivity index (χ4n) is 2.42. The van der Waals surface area contributed by atoms with Crippen molar-refractivity contribution in [3.8, 4) is 0 Å². The Bertz CT molecular complexity index is 459. The number of nitrogens with one attached hydrogen (secondary N) is 1. The van der Waals surface area contributed by atoms with Gasteiger partial charge in [-0.15, -0.1) is 11.3 Å². The molecule has 1 aromatic heterocycles. The highest BCUT2D eigenvalue weighted by Crippen LogP contribution is 2.21. The first-order valence-corrected chi connectivity index (χ1v) is 7.51. The third-order valence-electron chi connectivity index (χ3n) is 3.40. The zero-order valence-corrected chi connectivity index (χ0v) is 12.0. The smallest absolute Gasteiger partial charge is 0.252 e. The molecule has 1 heterocycles. The highest BCUT2D eigenvalue weighted by atomic mass is 32.1. The van der Waals surface area contributed by atoms with Crippen molar-refractivity contribution in [2.75, 3.05) is 6.54 Å². The Kier molecular flexibility index (Phi) is 4.59. The number of rotatable bonds is 4. The number of hydrogen-bond acceptors (Lipinski definition) is 2. The van der Waals surface area contributed by atoms with Gasteiger partial charge in [0.25, 0.3) is 5.91 Å². The number of carbonyl (C=O) groups excluding carboxylic acids is 1. The quantitative estimate of drug-likeness (QED) is 0.818. The van der Waals surface area contributed by atoms with E-state index in [2.05, 4.69) is 11.4 Å². The monoisotopic (exact) mass is 263 g/mol. The van der Waals surface area contributed by atoms with Crippen LogP contribution in [0.15, 0.2) is 17.7 Å². The number of carbonyl (C=O) groups is 1. The SMILES string of the molecule is Cc1cc(C(=O)NCCC2=CCCCC2)c(C)s1. The van der Waals surface area contributed by atoms with Gasteiger partial charge in [-0.2, -0.15) is 0 Å². The topological polar surface area (TPSA) is 29.1 Å². The van der Waals surface area contributed by atoms with Gasteiger partial charge >= 0.3 is 0 Å². The fraction of sp³-hybridized carbons (Fsp3) is 0.533. The van der Waals surface area contributed by atoms with E-state index in [9.17, 15) is 4.79 Å². The van der Waals surface area contributed by atoms with Crippen molar-refractivity contribution in [1.29, 1.82) is 0 Å². The second-order valence-electron chi connectivity index (χ2n) is 4.94.